The Bertz CT molecular complexity index is 494. The van der Waals surface area contributed by atoms with Crippen molar-refractivity contribution < 1.29 is 0 Å². The molecule has 2 atom stereocenters. The van der Waals surface area contributed by atoms with Crippen molar-refractivity contribution in [2.24, 2.45) is 10.9 Å². The van der Waals surface area contributed by atoms with E-state index in [2.05, 4.69) is 60.9 Å². The topological polar surface area (TPSA) is 18.8 Å². The first-order valence-electron chi connectivity index (χ1n) is 8.30. The average molecular weight is 285 g/mol. The van der Waals surface area contributed by atoms with Crippen LogP contribution in [0, 0.1) is 5.92 Å². The molecule has 3 rings (SSSR count). The van der Waals surface area contributed by atoms with Crippen LogP contribution in [0.25, 0.3) is 0 Å². The van der Waals surface area contributed by atoms with Gasteiger partial charge in [0.1, 0.15) is 0 Å². The van der Waals surface area contributed by atoms with E-state index in [1.165, 1.54) is 17.9 Å². The number of hydrogen-bond acceptors (Lipinski definition) is 3. The molecule has 2 unspecified atom stereocenters. The van der Waals surface area contributed by atoms with E-state index in [0.29, 0.717) is 12.1 Å². The second-order valence-electron chi connectivity index (χ2n) is 6.71. The molecule has 0 aliphatic carbocycles. The third-order valence-electron chi connectivity index (χ3n) is 4.64. The monoisotopic (exact) mass is 285 g/mol. The zero-order valence-corrected chi connectivity index (χ0v) is 13.5. The fourth-order valence-corrected chi connectivity index (χ4v) is 3.72. The van der Waals surface area contributed by atoms with Crippen molar-refractivity contribution in [2.45, 2.75) is 45.7 Å². The molecule has 0 aromatic heterocycles. The van der Waals surface area contributed by atoms with Crippen LogP contribution in [0.15, 0.2) is 35.3 Å². The van der Waals surface area contributed by atoms with E-state index in [1.807, 2.05) is 0 Å². The first-order chi connectivity index (χ1) is 10.2. The minimum atomic E-state index is 0.575. The smallest absolute Gasteiger partial charge is 0.197 e. The van der Waals surface area contributed by atoms with Gasteiger partial charge in [0.05, 0.1) is 18.6 Å². The molecular weight excluding hydrogens is 258 g/mol. The lowest BCUT2D eigenvalue weighted by Crippen LogP contribution is -2.37. The van der Waals surface area contributed by atoms with Crippen molar-refractivity contribution in [1.82, 2.24) is 9.80 Å². The van der Waals surface area contributed by atoms with Gasteiger partial charge in [-0.15, -0.1) is 0 Å². The number of hydrogen-bond donors (Lipinski definition) is 0. The van der Waals surface area contributed by atoms with E-state index >= 15 is 0 Å². The number of aliphatic imine (C=N–C) groups is 1. The van der Waals surface area contributed by atoms with Gasteiger partial charge in [0.2, 0.25) is 0 Å². The predicted molar refractivity (Wildman–Crippen MR) is 88.6 cm³/mol. The lowest BCUT2D eigenvalue weighted by molar-refractivity contribution is 0.294. The van der Waals surface area contributed by atoms with Crippen LogP contribution in [0.4, 0.5) is 0 Å². The summed E-state index contributed by atoms with van der Waals surface area (Å²) in [6.45, 7) is 10.1. The quantitative estimate of drug-likeness (QED) is 0.828. The molecule has 3 nitrogen and oxygen atoms in total. The Balaban J connectivity index is 1.72. The summed E-state index contributed by atoms with van der Waals surface area (Å²) >= 11 is 0. The second-order valence-corrected chi connectivity index (χ2v) is 6.71. The summed E-state index contributed by atoms with van der Waals surface area (Å²) in [4.78, 5) is 9.92. The van der Waals surface area contributed by atoms with Gasteiger partial charge in [0, 0.05) is 13.1 Å². The van der Waals surface area contributed by atoms with Gasteiger partial charge in [-0.1, -0.05) is 44.2 Å². The molecule has 0 radical (unpaired) electrons. The highest BCUT2D eigenvalue weighted by molar-refractivity contribution is 5.84. The predicted octanol–water partition coefficient (Wildman–Crippen LogP) is 3.02. The Labute approximate surface area is 128 Å². The van der Waals surface area contributed by atoms with Crippen LogP contribution < -0.4 is 0 Å². The lowest BCUT2D eigenvalue weighted by Gasteiger charge is -2.24. The molecule has 0 spiro atoms. The third-order valence-corrected chi connectivity index (χ3v) is 4.64. The third kappa shape index (κ3) is 2.92. The molecule has 21 heavy (non-hydrogen) atoms. The van der Waals surface area contributed by atoms with Crippen molar-refractivity contribution in [3.8, 4) is 0 Å². The largest absolute Gasteiger partial charge is 0.338 e. The van der Waals surface area contributed by atoms with Crippen LogP contribution in [0.1, 0.15) is 32.8 Å². The molecule has 114 valence electrons. The number of likely N-dealkylation sites (N-methyl/N-ethyl adjacent to an activating group) is 1. The molecule has 2 aliphatic heterocycles. The summed E-state index contributed by atoms with van der Waals surface area (Å²) < 4.78 is 0. The van der Waals surface area contributed by atoms with Crippen molar-refractivity contribution in [3.05, 3.63) is 35.9 Å². The van der Waals surface area contributed by atoms with E-state index in [0.717, 1.165) is 32.0 Å². The zero-order chi connectivity index (χ0) is 14.8. The number of benzene rings is 1. The molecular formula is C18H27N3. The van der Waals surface area contributed by atoms with Crippen molar-refractivity contribution in [2.75, 3.05) is 19.6 Å². The van der Waals surface area contributed by atoms with Gasteiger partial charge in [0.15, 0.2) is 5.96 Å². The van der Waals surface area contributed by atoms with E-state index in [4.69, 9.17) is 4.99 Å². The van der Waals surface area contributed by atoms with Crippen LogP contribution in [-0.4, -0.2) is 47.5 Å². The highest BCUT2D eigenvalue weighted by Crippen LogP contribution is 2.28. The summed E-state index contributed by atoms with van der Waals surface area (Å²) in [7, 11) is 0. The summed E-state index contributed by atoms with van der Waals surface area (Å²) in [5.41, 5.74) is 1.43. The fourth-order valence-electron chi connectivity index (χ4n) is 3.72. The molecule has 0 N–H and O–H groups in total. The van der Waals surface area contributed by atoms with Crippen LogP contribution in [-0.2, 0) is 6.42 Å². The SMILES string of the molecule is CCN1C2=NCC(CC(C)C)N2CC1Cc1ccccc1. The zero-order valence-electron chi connectivity index (χ0n) is 13.5. The fraction of sp³-hybridized carbons (Fsp3) is 0.611. The first-order valence-corrected chi connectivity index (χ1v) is 8.30. The van der Waals surface area contributed by atoms with E-state index in [9.17, 15) is 0 Å². The molecule has 2 heterocycles. The highest BCUT2D eigenvalue weighted by Gasteiger charge is 2.41. The maximum atomic E-state index is 4.84. The summed E-state index contributed by atoms with van der Waals surface area (Å²) in [5, 5.41) is 0. The highest BCUT2D eigenvalue weighted by atomic mass is 15.5. The summed E-state index contributed by atoms with van der Waals surface area (Å²) in [6.07, 6.45) is 2.38. The number of fused-ring (bicyclic) bond motifs is 1. The first kappa shape index (κ1) is 14.4. The Morgan fingerprint density at radius 1 is 1.19 bits per heavy atom. The Morgan fingerprint density at radius 3 is 2.62 bits per heavy atom. The minimum Gasteiger partial charge on any atom is -0.338 e. The van der Waals surface area contributed by atoms with Crippen LogP contribution in [0.3, 0.4) is 0 Å². The number of nitrogens with zero attached hydrogens (tertiary/aromatic N) is 3. The maximum absolute atomic E-state index is 4.84. The molecule has 2 aliphatic rings. The molecule has 1 saturated heterocycles. The van der Waals surface area contributed by atoms with Gasteiger partial charge >= 0.3 is 0 Å². The Morgan fingerprint density at radius 2 is 1.95 bits per heavy atom. The molecule has 3 heteroatoms. The van der Waals surface area contributed by atoms with E-state index in [1.54, 1.807) is 0 Å². The van der Waals surface area contributed by atoms with Gasteiger partial charge in [-0.2, -0.15) is 0 Å². The molecule has 0 amide bonds. The summed E-state index contributed by atoms with van der Waals surface area (Å²) in [6, 6.07) is 12.1. The van der Waals surface area contributed by atoms with Crippen LogP contribution in [0.2, 0.25) is 0 Å². The standard InChI is InChI=1S/C18H27N3/c1-4-20-17(11-15-8-6-5-7-9-15)13-21-16(10-14(2)3)12-19-18(20)21/h5-9,14,16-17H,4,10-13H2,1-3H3. The number of guanidine groups is 1. The Kier molecular flexibility index (Phi) is 4.18. The van der Waals surface area contributed by atoms with E-state index in [-0.39, 0.29) is 0 Å². The lowest BCUT2D eigenvalue weighted by atomic mass is 10.0. The van der Waals surface area contributed by atoms with Gasteiger partial charge in [-0.05, 0) is 31.2 Å². The minimum absolute atomic E-state index is 0.575. The molecule has 1 aromatic carbocycles. The number of rotatable bonds is 5. The van der Waals surface area contributed by atoms with Gasteiger partial charge < -0.3 is 9.80 Å². The van der Waals surface area contributed by atoms with Crippen molar-refractivity contribution in [1.29, 1.82) is 0 Å². The van der Waals surface area contributed by atoms with Gasteiger partial charge in [0.25, 0.3) is 0 Å². The molecule has 1 aromatic rings. The molecule has 1 fully saturated rings. The summed E-state index contributed by atoms with van der Waals surface area (Å²) in [5.74, 6) is 2.00. The second kappa shape index (κ2) is 6.08. The van der Waals surface area contributed by atoms with E-state index < -0.39 is 0 Å². The van der Waals surface area contributed by atoms with Crippen molar-refractivity contribution in [3.63, 3.8) is 0 Å². The molecule has 0 saturated carbocycles. The maximum Gasteiger partial charge on any atom is 0.197 e. The Hall–Kier alpha value is -1.51. The average Bonchev–Trinajstić information content (AvgIpc) is 2.99. The van der Waals surface area contributed by atoms with Crippen LogP contribution in [0.5, 0.6) is 0 Å². The van der Waals surface area contributed by atoms with Gasteiger partial charge in [-0.25, -0.2) is 0 Å². The van der Waals surface area contributed by atoms with Crippen molar-refractivity contribution >= 4 is 5.96 Å². The molecule has 0 bridgehead atoms. The van der Waals surface area contributed by atoms with Crippen LogP contribution >= 0.6 is 0 Å². The van der Waals surface area contributed by atoms with Gasteiger partial charge in [-0.3, -0.25) is 4.99 Å². The normalized spacial score (nSPS) is 24.7.